The zero-order valence-corrected chi connectivity index (χ0v) is 17.5. The maximum Gasteiger partial charge on any atom is 0.0498 e. The van der Waals surface area contributed by atoms with Crippen molar-refractivity contribution < 1.29 is 0 Å². The third-order valence-electron chi connectivity index (χ3n) is 6.56. The fourth-order valence-corrected chi connectivity index (χ4v) is 6.63. The number of thiophene rings is 1. The zero-order valence-electron chi connectivity index (χ0n) is 16.6. The molecule has 7 rings (SSSR count). The van der Waals surface area contributed by atoms with Gasteiger partial charge in [0, 0.05) is 53.9 Å². The third-order valence-corrected chi connectivity index (χ3v) is 7.75. The van der Waals surface area contributed by atoms with Gasteiger partial charge in [0.05, 0.1) is 0 Å². The largest absolute Gasteiger partial charge is 0.341 e. The van der Waals surface area contributed by atoms with Gasteiger partial charge >= 0.3 is 0 Å². The molecule has 0 radical (unpaired) electrons. The first-order chi connectivity index (χ1) is 14.9. The summed E-state index contributed by atoms with van der Waals surface area (Å²) in [5.74, 6) is 0. The molecule has 0 atom stereocenters. The lowest BCUT2D eigenvalue weighted by Gasteiger charge is -2.07. The van der Waals surface area contributed by atoms with Gasteiger partial charge in [-0.25, -0.2) is 0 Å². The molecule has 1 nitrogen and oxygen atoms in total. The second-order valence-electron chi connectivity index (χ2n) is 7.99. The molecule has 0 saturated heterocycles. The van der Waals surface area contributed by atoms with Gasteiger partial charge in [-0.3, -0.25) is 0 Å². The van der Waals surface area contributed by atoms with E-state index in [-0.39, 0.29) is 0 Å². The molecule has 2 heteroatoms. The van der Waals surface area contributed by atoms with E-state index in [2.05, 4.69) is 96.4 Å². The van der Waals surface area contributed by atoms with Crippen LogP contribution in [0.1, 0.15) is 6.92 Å². The summed E-state index contributed by atoms with van der Waals surface area (Å²) < 4.78 is 5.23. The smallest absolute Gasteiger partial charge is 0.0498 e. The number of nitrogens with zero attached hydrogens (tertiary/aromatic N) is 1. The van der Waals surface area contributed by atoms with Crippen LogP contribution in [0.3, 0.4) is 0 Å². The lowest BCUT2D eigenvalue weighted by atomic mass is 9.96. The number of para-hydroxylation sites is 1. The number of fused-ring (bicyclic) bond motifs is 12. The highest BCUT2D eigenvalue weighted by Gasteiger charge is 2.19. The monoisotopic (exact) mass is 401 g/mol. The fourth-order valence-electron chi connectivity index (χ4n) is 5.37. The molecule has 2 aromatic heterocycles. The van der Waals surface area contributed by atoms with Crippen LogP contribution < -0.4 is 0 Å². The maximum atomic E-state index is 2.46. The lowest BCUT2D eigenvalue weighted by Crippen LogP contribution is -1.92. The topological polar surface area (TPSA) is 4.93 Å². The van der Waals surface area contributed by atoms with E-state index in [0.717, 1.165) is 6.54 Å². The minimum absolute atomic E-state index is 0.973. The van der Waals surface area contributed by atoms with Crippen molar-refractivity contribution in [1.29, 1.82) is 0 Å². The van der Waals surface area contributed by atoms with Gasteiger partial charge in [0.15, 0.2) is 0 Å². The number of aromatic nitrogens is 1. The molecule has 0 aliphatic heterocycles. The Morgan fingerprint density at radius 2 is 1.20 bits per heavy atom. The van der Waals surface area contributed by atoms with Gasteiger partial charge in [-0.15, -0.1) is 11.3 Å². The van der Waals surface area contributed by atoms with E-state index in [1.54, 1.807) is 0 Å². The minimum atomic E-state index is 0.973. The molecule has 2 heterocycles. The summed E-state index contributed by atoms with van der Waals surface area (Å²) in [4.78, 5) is 0. The van der Waals surface area contributed by atoms with Crippen LogP contribution in [-0.2, 0) is 6.54 Å². The Labute approximate surface area is 177 Å². The second kappa shape index (κ2) is 5.84. The van der Waals surface area contributed by atoms with Gasteiger partial charge in [-0.2, -0.15) is 0 Å². The van der Waals surface area contributed by atoms with Crippen LogP contribution in [0.4, 0.5) is 0 Å². The highest BCUT2D eigenvalue weighted by molar-refractivity contribution is 7.27. The Kier molecular flexibility index (Phi) is 3.20. The van der Waals surface area contributed by atoms with Crippen LogP contribution >= 0.6 is 11.3 Å². The Hall–Kier alpha value is -3.36. The standard InChI is InChI=1S/C28H19NS/c1-2-29-22-14-8-7-13-21(22)25-23(29)15-16-24-27(25)26-19-11-5-3-9-17(19)18-10-4-6-12-20(18)28(26)30-24/h3-16H,2H2,1H3. The van der Waals surface area contributed by atoms with Crippen molar-refractivity contribution in [2.45, 2.75) is 13.5 Å². The van der Waals surface area contributed by atoms with Crippen LogP contribution in [0.2, 0.25) is 0 Å². The number of aryl methyl sites for hydroxylation is 1. The van der Waals surface area contributed by atoms with Gasteiger partial charge in [-0.05, 0) is 41.3 Å². The van der Waals surface area contributed by atoms with Crippen molar-refractivity contribution in [1.82, 2.24) is 4.57 Å². The molecule has 0 saturated carbocycles. The average molecular weight is 402 g/mol. The molecular formula is C28H19NS. The molecule has 30 heavy (non-hydrogen) atoms. The molecule has 0 bridgehead atoms. The molecule has 7 aromatic rings. The summed E-state index contributed by atoms with van der Waals surface area (Å²) in [6.07, 6.45) is 0. The summed E-state index contributed by atoms with van der Waals surface area (Å²) in [6, 6.07) is 31.3. The number of hydrogen-bond donors (Lipinski definition) is 0. The number of rotatable bonds is 1. The van der Waals surface area contributed by atoms with Crippen LogP contribution in [0.15, 0.2) is 84.9 Å². The Balaban J connectivity index is 1.88. The van der Waals surface area contributed by atoms with Crippen LogP contribution in [0.5, 0.6) is 0 Å². The van der Waals surface area contributed by atoms with E-state index in [9.17, 15) is 0 Å². The first-order valence-electron chi connectivity index (χ1n) is 10.5. The number of hydrogen-bond acceptors (Lipinski definition) is 1. The summed E-state index contributed by atoms with van der Waals surface area (Å²) >= 11 is 1.94. The van der Waals surface area contributed by atoms with Gasteiger partial charge in [0.25, 0.3) is 0 Å². The van der Waals surface area contributed by atoms with E-state index in [1.807, 2.05) is 11.3 Å². The van der Waals surface area contributed by atoms with Crippen LogP contribution in [0, 0.1) is 0 Å². The van der Waals surface area contributed by atoms with Crippen LogP contribution in [-0.4, -0.2) is 4.57 Å². The molecule has 0 fully saturated rings. The SMILES string of the molecule is CCn1c2ccccc2c2c3c(ccc21)sc1c2ccccc2c2ccccc2c13. The molecule has 142 valence electrons. The summed E-state index contributed by atoms with van der Waals surface area (Å²) in [7, 11) is 0. The van der Waals surface area contributed by atoms with Gasteiger partial charge in [-0.1, -0.05) is 66.7 Å². The van der Waals surface area contributed by atoms with Crippen molar-refractivity contribution in [2.75, 3.05) is 0 Å². The zero-order chi connectivity index (χ0) is 19.8. The maximum absolute atomic E-state index is 2.46. The normalized spacial score (nSPS) is 12.3. The molecule has 0 unspecified atom stereocenters. The quantitative estimate of drug-likeness (QED) is 0.243. The van der Waals surface area contributed by atoms with E-state index in [4.69, 9.17) is 0 Å². The molecule has 0 aliphatic carbocycles. The summed E-state index contributed by atoms with van der Waals surface area (Å²) in [5, 5.41) is 11.0. The molecular weight excluding hydrogens is 382 g/mol. The second-order valence-corrected chi connectivity index (χ2v) is 9.04. The minimum Gasteiger partial charge on any atom is -0.341 e. The highest BCUT2D eigenvalue weighted by Crippen LogP contribution is 2.47. The third kappa shape index (κ3) is 1.92. The summed E-state index contributed by atoms with van der Waals surface area (Å²) in [5.41, 5.74) is 2.66. The first-order valence-corrected chi connectivity index (χ1v) is 11.3. The van der Waals surface area contributed by atoms with Crippen molar-refractivity contribution in [3.63, 3.8) is 0 Å². The summed E-state index contributed by atoms with van der Waals surface area (Å²) in [6.45, 7) is 3.21. The average Bonchev–Trinajstić information content (AvgIpc) is 3.35. The van der Waals surface area contributed by atoms with Crippen molar-refractivity contribution in [2.24, 2.45) is 0 Å². The van der Waals surface area contributed by atoms with Crippen LogP contribution in [0.25, 0.3) is 63.5 Å². The fraction of sp³-hybridized carbons (Fsp3) is 0.0714. The molecule has 0 aliphatic rings. The van der Waals surface area contributed by atoms with E-state index >= 15 is 0 Å². The molecule has 0 spiro atoms. The van der Waals surface area contributed by atoms with Gasteiger partial charge < -0.3 is 4.57 Å². The first kappa shape index (κ1) is 16.4. The number of benzene rings is 5. The Morgan fingerprint density at radius 1 is 0.567 bits per heavy atom. The van der Waals surface area contributed by atoms with Gasteiger partial charge in [0.1, 0.15) is 0 Å². The van der Waals surface area contributed by atoms with E-state index in [1.165, 1.54) is 63.5 Å². The Morgan fingerprint density at radius 3 is 1.97 bits per heavy atom. The Bertz CT molecular complexity index is 1780. The molecule has 5 aromatic carbocycles. The van der Waals surface area contributed by atoms with Crippen molar-refractivity contribution >= 4 is 74.9 Å². The van der Waals surface area contributed by atoms with Crippen molar-refractivity contribution in [3.8, 4) is 0 Å². The van der Waals surface area contributed by atoms with Gasteiger partial charge in [0.2, 0.25) is 0 Å². The predicted octanol–water partition coefficient (Wildman–Crippen LogP) is 8.49. The van der Waals surface area contributed by atoms with E-state index < -0.39 is 0 Å². The lowest BCUT2D eigenvalue weighted by molar-refractivity contribution is 0.827. The highest BCUT2D eigenvalue weighted by atomic mass is 32.1. The molecule has 0 N–H and O–H groups in total. The predicted molar refractivity (Wildman–Crippen MR) is 133 cm³/mol. The van der Waals surface area contributed by atoms with E-state index in [0.29, 0.717) is 0 Å². The molecule has 0 amide bonds. The van der Waals surface area contributed by atoms with Crippen molar-refractivity contribution in [3.05, 3.63) is 84.9 Å².